The van der Waals surface area contributed by atoms with Crippen molar-refractivity contribution in [1.29, 1.82) is 5.26 Å². The topological polar surface area (TPSA) is 39.1 Å². The van der Waals surface area contributed by atoms with E-state index in [1.165, 1.54) is 25.9 Å². The number of likely N-dealkylation sites (tertiary alicyclic amines) is 1. The van der Waals surface area contributed by atoms with Crippen molar-refractivity contribution in [2.75, 3.05) is 33.2 Å². The average molecular weight is 207 g/mol. The molecule has 15 heavy (non-hydrogen) atoms. The molecule has 3 heteroatoms. The predicted octanol–water partition coefficient (Wildman–Crippen LogP) is 1.22. The summed E-state index contributed by atoms with van der Waals surface area (Å²) in [6, 6.07) is 2.43. The molecule has 84 valence electrons. The van der Waals surface area contributed by atoms with Crippen LogP contribution in [0.4, 0.5) is 0 Å². The molecule has 2 fully saturated rings. The SMILES string of the molecule is CN1CCCC(CNCC2(C#N)CC2)C1. The minimum atomic E-state index is 0.0145. The van der Waals surface area contributed by atoms with E-state index in [9.17, 15) is 0 Å². The maximum absolute atomic E-state index is 8.94. The predicted molar refractivity (Wildman–Crippen MR) is 60.4 cm³/mol. The van der Waals surface area contributed by atoms with Crippen LogP contribution < -0.4 is 5.32 Å². The minimum absolute atomic E-state index is 0.0145. The van der Waals surface area contributed by atoms with Gasteiger partial charge in [0.1, 0.15) is 0 Å². The second-order valence-corrected chi connectivity index (χ2v) is 5.29. The highest BCUT2D eigenvalue weighted by atomic mass is 15.1. The normalized spacial score (nSPS) is 29.7. The molecule has 1 heterocycles. The second-order valence-electron chi connectivity index (χ2n) is 5.29. The van der Waals surface area contributed by atoms with Crippen LogP contribution in [0, 0.1) is 22.7 Å². The van der Waals surface area contributed by atoms with Gasteiger partial charge in [-0.3, -0.25) is 0 Å². The summed E-state index contributed by atoms with van der Waals surface area (Å²) in [5, 5.41) is 12.4. The third-order valence-electron chi connectivity index (χ3n) is 3.71. The molecule has 0 aromatic rings. The average Bonchev–Trinajstić information content (AvgIpc) is 2.99. The van der Waals surface area contributed by atoms with Crippen LogP contribution in [-0.2, 0) is 0 Å². The largest absolute Gasteiger partial charge is 0.315 e. The van der Waals surface area contributed by atoms with Crippen LogP contribution in [-0.4, -0.2) is 38.1 Å². The molecule has 1 aliphatic carbocycles. The van der Waals surface area contributed by atoms with Crippen LogP contribution in [0.15, 0.2) is 0 Å². The first-order chi connectivity index (χ1) is 7.24. The van der Waals surface area contributed by atoms with Crippen molar-refractivity contribution >= 4 is 0 Å². The summed E-state index contributed by atoms with van der Waals surface area (Å²) < 4.78 is 0. The molecule has 0 aromatic carbocycles. The monoisotopic (exact) mass is 207 g/mol. The van der Waals surface area contributed by atoms with Crippen LogP contribution in [0.25, 0.3) is 0 Å². The molecule has 1 unspecified atom stereocenters. The summed E-state index contributed by atoms with van der Waals surface area (Å²) >= 11 is 0. The van der Waals surface area contributed by atoms with Gasteiger partial charge in [0, 0.05) is 13.1 Å². The van der Waals surface area contributed by atoms with Crippen molar-refractivity contribution in [2.45, 2.75) is 25.7 Å². The number of nitrogens with one attached hydrogen (secondary N) is 1. The first kappa shape index (κ1) is 10.9. The Morgan fingerprint density at radius 3 is 2.93 bits per heavy atom. The number of nitriles is 1. The third kappa shape index (κ3) is 2.93. The van der Waals surface area contributed by atoms with E-state index in [1.54, 1.807) is 0 Å². The van der Waals surface area contributed by atoms with Gasteiger partial charge in [-0.05, 0) is 51.7 Å². The molecule has 0 spiro atoms. The van der Waals surface area contributed by atoms with Crippen LogP contribution in [0.5, 0.6) is 0 Å². The van der Waals surface area contributed by atoms with Crippen LogP contribution >= 0.6 is 0 Å². The molecule has 0 radical (unpaired) electrons. The zero-order valence-electron chi connectivity index (χ0n) is 9.63. The van der Waals surface area contributed by atoms with Crippen LogP contribution in [0.2, 0.25) is 0 Å². The Labute approximate surface area is 92.4 Å². The lowest BCUT2D eigenvalue weighted by molar-refractivity contribution is 0.205. The van der Waals surface area contributed by atoms with E-state index in [0.717, 1.165) is 31.8 Å². The number of hydrogen-bond acceptors (Lipinski definition) is 3. The van der Waals surface area contributed by atoms with E-state index in [1.807, 2.05) is 0 Å². The van der Waals surface area contributed by atoms with E-state index in [-0.39, 0.29) is 5.41 Å². The standard InChI is InChI=1S/C12H21N3/c1-15-6-2-3-11(8-15)7-14-10-12(9-13)4-5-12/h11,14H,2-8,10H2,1H3. The fourth-order valence-corrected chi connectivity index (χ4v) is 2.43. The summed E-state index contributed by atoms with van der Waals surface area (Å²) in [6.07, 6.45) is 4.87. The van der Waals surface area contributed by atoms with Gasteiger partial charge in [0.25, 0.3) is 0 Å². The van der Waals surface area contributed by atoms with E-state index >= 15 is 0 Å². The van der Waals surface area contributed by atoms with E-state index in [0.29, 0.717) is 0 Å². The minimum Gasteiger partial charge on any atom is -0.315 e. The highest BCUT2D eigenvalue weighted by Gasteiger charge is 2.42. The summed E-state index contributed by atoms with van der Waals surface area (Å²) in [7, 11) is 2.20. The van der Waals surface area contributed by atoms with Gasteiger partial charge in [-0.1, -0.05) is 0 Å². The maximum Gasteiger partial charge on any atom is 0.0703 e. The highest BCUT2D eigenvalue weighted by molar-refractivity contribution is 5.10. The molecule has 1 aliphatic heterocycles. The second kappa shape index (κ2) is 4.51. The van der Waals surface area contributed by atoms with Crippen molar-refractivity contribution in [3.8, 4) is 6.07 Å². The van der Waals surface area contributed by atoms with Gasteiger partial charge < -0.3 is 10.2 Å². The lowest BCUT2D eigenvalue weighted by Crippen LogP contribution is -2.38. The Kier molecular flexibility index (Phi) is 3.28. The molecule has 2 rings (SSSR count). The molecule has 0 amide bonds. The van der Waals surface area contributed by atoms with Crippen molar-refractivity contribution < 1.29 is 0 Å². The van der Waals surface area contributed by atoms with Gasteiger partial charge in [-0.15, -0.1) is 0 Å². The number of nitrogens with zero attached hydrogens (tertiary/aromatic N) is 2. The molecule has 0 bridgehead atoms. The van der Waals surface area contributed by atoms with E-state index < -0.39 is 0 Å². The third-order valence-corrected chi connectivity index (χ3v) is 3.71. The molecular formula is C12H21N3. The molecule has 0 aromatic heterocycles. The first-order valence-corrected chi connectivity index (χ1v) is 6.05. The van der Waals surface area contributed by atoms with Gasteiger partial charge in [-0.2, -0.15) is 5.26 Å². The lowest BCUT2D eigenvalue weighted by atomic mass is 9.98. The van der Waals surface area contributed by atoms with E-state index in [4.69, 9.17) is 5.26 Å². The van der Waals surface area contributed by atoms with Crippen LogP contribution in [0.1, 0.15) is 25.7 Å². The summed E-state index contributed by atoms with van der Waals surface area (Å²) in [5.74, 6) is 0.790. The first-order valence-electron chi connectivity index (χ1n) is 6.05. The summed E-state index contributed by atoms with van der Waals surface area (Å²) in [6.45, 7) is 4.46. The number of hydrogen-bond donors (Lipinski definition) is 1. The van der Waals surface area contributed by atoms with Gasteiger partial charge in [0.05, 0.1) is 11.5 Å². The molecule has 1 atom stereocenters. The maximum atomic E-state index is 8.94. The quantitative estimate of drug-likeness (QED) is 0.753. The Morgan fingerprint density at radius 2 is 2.33 bits per heavy atom. The van der Waals surface area contributed by atoms with E-state index in [2.05, 4.69) is 23.3 Å². The fraction of sp³-hybridized carbons (Fsp3) is 0.917. The molecule has 1 N–H and O–H groups in total. The molecule has 2 aliphatic rings. The summed E-state index contributed by atoms with van der Waals surface area (Å²) in [4.78, 5) is 2.41. The smallest absolute Gasteiger partial charge is 0.0703 e. The van der Waals surface area contributed by atoms with Gasteiger partial charge in [0.2, 0.25) is 0 Å². The van der Waals surface area contributed by atoms with Crippen molar-refractivity contribution in [1.82, 2.24) is 10.2 Å². The van der Waals surface area contributed by atoms with Crippen molar-refractivity contribution in [2.24, 2.45) is 11.3 Å². The van der Waals surface area contributed by atoms with Crippen molar-refractivity contribution in [3.63, 3.8) is 0 Å². The van der Waals surface area contributed by atoms with Gasteiger partial charge in [0.15, 0.2) is 0 Å². The van der Waals surface area contributed by atoms with Crippen molar-refractivity contribution in [3.05, 3.63) is 0 Å². The number of rotatable bonds is 4. The Balaban J connectivity index is 1.63. The molecule has 1 saturated heterocycles. The molecular weight excluding hydrogens is 186 g/mol. The zero-order chi connectivity index (χ0) is 10.7. The zero-order valence-corrected chi connectivity index (χ0v) is 9.63. The highest BCUT2D eigenvalue weighted by Crippen LogP contribution is 2.44. The fourth-order valence-electron chi connectivity index (χ4n) is 2.43. The lowest BCUT2D eigenvalue weighted by Gasteiger charge is -2.30. The molecule has 3 nitrogen and oxygen atoms in total. The number of piperidine rings is 1. The van der Waals surface area contributed by atoms with Gasteiger partial charge >= 0.3 is 0 Å². The van der Waals surface area contributed by atoms with Crippen LogP contribution in [0.3, 0.4) is 0 Å². The Hall–Kier alpha value is -0.590. The Morgan fingerprint density at radius 1 is 1.53 bits per heavy atom. The van der Waals surface area contributed by atoms with Gasteiger partial charge in [-0.25, -0.2) is 0 Å². The Bertz CT molecular complexity index is 252. The summed E-state index contributed by atoms with van der Waals surface area (Å²) in [5.41, 5.74) is 0.0145. The molecule has 1 saturated carbocycles.